The SMILES string of the molecule is Cc1c(C)c(Cl)c(Cl)c(Cl)c1Cl. The number of benzene rings is 1. The maximum atomic E-state index is 5.89. The second-order valence-corrected chi connectivity index (χ2v) is 4.02. The molecule has 0 radical (unpaired) electrons. The summed E-state index contributed by atoms with van der Waals surface area (Å²) in [5.41, 5.74) is 1.74. The van der Waals surface area contributed by atoms with Crippen molar-refractivity contribution in [2.45, 2.75) is 13.8 Å². The van der Waals surface area contributed by atoms with E-state index in [2.05, 4.69) is 0 Å². The molecule has 0 saturated carbocycles. The first-order chi connectivity index (χ1) is 5.46. The van der Waals surface area contributed by atoms with Gasteiger partial charge in [-0.05, 0) is 25.0 Å². The van der Waals surface area contributed by atoms with Crippen LogP contribution in [0.3, 0.4) is 0 Å². The molecule has 0 fully saturated rings. The highest BCUT2D eigenvalue weighted by atomic mass is 35.5. The molecule has 0 spiro atoms. The predicted molar refractivity (Wildman–Crippen MR) is 56.0 cm³/mol. The lowest BCUT2D eigenvalue weighted by Gasteiger charge is -2.09. The minimum Gasteiger partial charge on any atom is -0.0824 e. The molecule has 0 aliphatic carbocycles. The van der Waals surface area contributed by atoms with Crippen molar-refractivity contribution in [2.24, 2.45) is 0 Å². The normalized spacial score (nSPS) is 10.5. The summed E-state index contributed by atoms with van der Waals surface area (Å²) in [6.07, 6.45) is 0. The van der Waals surface area contributed by atoms with E-state index in [0.29, 0.717) is 20.1 Å². The smallest absolute Gasteiger partial charge is 0.0796 e. The molecule has 0 saturated heterocycles. The monoisotopic (exact) mass is 242 g/mol. The van der Waals surface area contributed by atoms with Crippen LogP contribution in [0.15, 0.2) is 0 Å². The fourth-order valence-electron chi connectivity index (χ4n) is 0.851. The van der Waals surface area contributed by atoms with Crippen molar-refractivity contribution in [3.8, 4) is 0 Å². The van der Waals surface area contributed by atoms with Gasteiger partial charge >= 0.3 is 0 Å². The lowest BCUT2D eigenvalue weighted by molar-refractivity contribution is 1.34. The Morgan fingerprint density at radius 2 is 0.833 bits per heavy atom. The molecule has 0 amide bonds. The van der Waals surface area contributed by atoms with Gasteiger partial charge in [0.25, 0.3) is 0 Å². The summed E-state index contributed by atoms with van der Waals surface area (Å²) in [7, 11) is 0. The van der Waals surface area contributed by atoms with E-state index < -0.39 is 0 Å². The van der Waals surface area contributed by atoms with Gasteiger partial charge in [-0.1, -0.05) is 46.4 Å². The highest BCUT2D eigenvalue weighted by molar-refractivity contribution is 6.52. The Morgan fingerprint density at radius 1 is 0.583 bits per heavy atom. The Bertz CT molecular complexity index is 225. The Labute approximate surface area is 91.4 Å². The minimum absolute atomic E-state index is 0.325. The van der Waals surface area contributed by atoms with E-state index in [1.165, 1.54) is 0 Å². The van der Waals surface area contributed by atoms with Gasteiger partial charge in [-0.25, -0.2) is 0 Å². The summed E-state index contributed by atoms with van der Waals surface area (Å²) in [4.78, 5) is 0. The second kappa shape index (κ2) is 3.63. The van der Waals surface area contributed by atoms with Crippen LogP contribution in [0.4, 0.5) is 0 Å². The molecular weight excluding hydrogens is 238 g/mol. The topological polar surface area (TPSA) is 0 Å². The molecule has 4 heteroatoms. The minimum atomic E-state index is 0.325. The third kappa shape index (κ3) is 1.54. The molecule has 0 unspecified atom stereocenters. The molecule has 0 N–H and O–H groups in total. The summed E-state index contributed by atoms with van der Waals surface area (Å²) in [6.45, 7) is 3.71. The zero-order valence-corrected chi connectivity index (χ0v) is 9.54. The van der Waals surface area contributed by atoms with Crippen LogP contribution >= 0.6 is 46.4 Å². The highest BCUT2D eigenvalue weighted by Crippen LogP contribution is 2.40. The summed E-state index contributed by atoms with van der Waals surface area (Å²) in [5.74, 6) is 0. The van der Waals surface area contributed by atoms with Crippen molar-refractivity contribution >= 4 is 46.4 Å². The van der Waals surface area contributed by atoms with Crippen LogP contribution in [0.2, 0.25) is 20.1 Å². The molecule has 0 aliphatic rings. The van der Waals surface area contributed by atoms with Crippen molar-refractivity contribution in [3.05, 3.63) is 31.2 Å². The van der Waals surface area contributed by atoms with Gasteiger partial charge in [0.2, 0.25) is 0 Å². The number of hydrogen-bond donors (Lipinski definition) is 0. The number of halogens is 4. The zero-order valence-electron chi connectivity index (χ0n) is 6.51. The Balaban J connectivity index is 3.60. The molecule has 0 aliphatic heterocycles. The van der Waals surface area contributed by atoms with Gasteiger partial charge in [0.05, 0.1) is 20.1 Å². The lowest BCUT2D eigenvalue weighted by Crippen LogP contribution is -1.87. The van der Waals surface area contributed by atoms with Crippen LogP contribution in [-0.4, -0.2) is 0 Å². The first kappa shape index (κ1) is 10.5. The quantitative estimate of drug-likeness (QED) is 0.448. The van der Waals surface area contributed by atoms with Crippen LogP contribution in [-0.2, 0) is 0 Å². The molecule has 0 nitrogen and oxygen atoms in total. The second-order valence-electron chi connectivity index (χ2n) is 2.51. The third-order valence-electron chi connectivity index (χ3n) is 1.80. The molecule has 0 heterocycles. The predicted octanol–water partition coefficient (Wildman–Crippen LogP) is 4.92. The summed E-state index contributed by atoms with van der Waals surface area (Å²) in [5, 5.41) is 1.60. The molecule has 0 atom stereocenters. The fraction of sp³-hybridized carbons (Fsp3) is 0.250. The van der Waals surface area contributed by atoms with E-state index in [9.17, 15) is 0 Å². The van der Waals surface area contributed by atoms with Crippen molar-refractivity contribution in [1.82, 2.24) is 0 Å². The third-order valence-corrected chi connectivity index (χ3v) is 3.79. The van der Waals surface area contributed by atoms with Crippen molar-refractivity contribution in [3.63, 3.8) is 0 Å². The maximum Gasteiger partial charge on any atom is 0.0796 e. The van der Waals surface area contributed by atoms with Crippen LogP contribution in [0.5, 0.6) is 0 Å². The highest BCUT2D eigenvalue weighted by Gasteiger charge is 2.14. The van der Waals surface area contributed by atoms with E-state index in [0.717, 1.165) is 11.1 Å². The maximum absolute atomic E-state index is 5.89. The van der Waals surface area contributed by atoms with Crippen LogP contribution in [0.25, 0.3) is 0 Å². The molecule has 1 aromatic rings. The average Bonchev–Trinajstić information content (AvgIpc) is 2.08. The van der Waals surface area contributed by atoms with Crippen molar-refractivity contribution < 1.29 is 0 Å². The lowest BCUT2D eigenvalue weighted by atomic mass is 10.1. The molecule has 0 aromatic heterocycles. The van der Waals surface area contributed by atoms with E-state index in [-0.39, 0.29) is 0 Å². The Hall–Kier alpha value is 0.380. The fourth-order valence-corrected chi connectivity index (χ4v) is 1.89. The van der Waals surface area contributed by atoms with Gasteiger partial charge in [0, 0.05) is 0 Å². The first-order valence-electron chi connectivity index (χ1n) is 3.26. The average molecular weight is 244 g/mol. The van der Waals surface area contributed by atoms with Gasteiger partial charge in [-0.3, -0.25) is 0 Å². The Morgan fingerprint density at radius 3 is 1.08 bits per heavy atom. The van der Waals surface area contributed by atoms with E-state index >= 15 is 0 Å². The van der Waals surface area contributed by atoms with Gasteiger partial charge < -0.3 is 0 Å². The summed E-state index contributed by atoms with van der Waals surface area (Å²) in [6, 6.07) is 0. The molecule has 1 rings (SSSR count). The summed E-state index contributed by atoms with van der Waals surface area (Å²) < 4.78 is 0. The molecule has 66 valence electrons. The van der Waals surface area contributed by atoms with Crippen molar-refractivity contribution in [2.75, 3.05) is 0 Å². The van der Waals surface area contributed by atoms with Crippen LogP contribution in [0.1, 0.15) is 11.1 Å². The molecule has 1 aromatic carbocycles. The van der Waals surface area contributed by atoms with Gasteiger partial charge in [-0.15, -0.1) is 0 Å². The standard InChI is InChI=1S/C8H6Cl4/c1-3-4(2)6(10)8(12)7(11)5(3)9/h1-2H3. The van der Waals surface area contributed by atoms with E-state index in [1.54, 1.807) is 0 Å². The molecule has 12 heavy (non-hydrogen) atoms. The van der Waals surface area contributed by atoms with Crippen LogP contribution in [0, 0.1) is 13.8 Å². The van der Waals surface area contributed by atoms with Gasteiger partial charge in [-0.2, -0.15) is 0 Å². The van der Waals surface area contributed by atoms with Crippen LogP contribution < -0.4 is 0 Å². The molecule has 0 bridgehead atoms. The van der Waals surface area contributed by atoms with E-state index in [4.69, 9.17) is 46.4 Å². The summed E-state index contributed by atoms with van der Waals surface area (Å²) >= 11 is 23.4. The van der Waals surface area contributed by atoms with Gasteiger partial charge in [0.1, 0.15) is 0 Å². The Kier molecular flexibility index (Phi) is 3.16. The number of rotatable bonds is 0. The van der Waals surface area contributed by atoms with Gasteiger partial charge in [0.15, 0.2) is 0 Å². The van der Waals surface area contributed by atoms with E-state index in [1.807, 2.05) is 13.8 Å². The van der Waals surface area contributed by atoms with Crippen molar-refractivity contribution in [1.29, 1.82) is 0 Å². The zero-order chi connectivity index (χ0) is 9.46. The molecular formula is C8H6Cl4. The number of hydrogen-bond acceptors (Lipinski definition) is 0. The first-order valence-corrected chi connectivity index (χ1v) is 4.77. The largest absolute Gasteiger partial charge is 0.0824 e.